The van der Waals surface area contributed by atoms with Crippen LogP contribution in [0.1, 0.15) is 28.9 Å². The van der Waals surface area contributed by atoms with Gasteiger partial charge in [0.2, 0.25) is 5.91 Å². The van der Waals surface area contributed by atoms with Crippen molar-refractivity contribution in [2.45, 2.75) is 34.1 Å². The van der Waals surface area contributed by atoms with Gasteiger partial charge in [0.15, 0.2) is 0 Å². The summed E-state index contributed by atoms with van der Waals surface area (Å²) in [5.74, 6) is 0.736. The summed E-state index contributed by atoms with van der Waals surface area (Å²) in [5, 5.41) is 7.49. The molecule has 0 radical (unpaired) electrons. The summed E-state index contributed by atoms with van der Waals surface area (Å²) < 4.78 is 7.63. The second-order valence-corrected chi connectivity index (χ2v) is 6.70. The molecular weight excluding hydrogens is 338 g/mol. The quantitative estimate of drug-likeness (QED) is 0.701. The molecule has 0 saturated heterocycles. The highest BCUT2D eigenvalue weighted by atomic mass is 16.5. The number of hydrogen-bond donors (Lipinski definition) is 1. The lowest BCUT2D eigenvalue weighted by atomic mass is 10.1. The van der Waals surface area contributed by atoms with Crippen LogP contribution in [0.5, 0.6) is 5.75 Å². The number of ether oxygens (including phenoxy) is 1. The van der Waals surface area contributed by atoms with Gasteiger partial charge in [-0.05, 0) is 63.1 Å². The van der Waals surface area contributed by atoms with Crippen molar-refractivity contribution in [3.8, 4) is 11.4 Å². The third-order valence-electron chi connectivity index (χ3n) is 4.56. The van der Waals surface area contributed by atoms with Crippen LogP contribution in [0, 0.1) is 27.7 Å². The molecule has 2 aromatic carbocycles. The largest absolute Gasteiger partial charge is 0.493 e. The average molecular weight is 363 g/mol. The van der Waals surface area contributed by atoms with Crippen LogP contribution in [-0.4, -0.2) is 22.3 Å². The minimum absolute atomic E-state index is 0.0886. The second-order valence-electron chi connectivity index (χ2n) is 6.70. The molecule has 0 unspecified atom stereocenters. The van der Waals surface area contributed by atoms with Gasteiger partial charge in [-0.1, -0.05) is 24.3 Å². The van der Waals surface area contributed by atoms with E-state index < -0.39 is 0 Å². The van der Waals surface area contributed by atoms with Crippen LogP contribution < -0.4 is 10.1 Å². The molecule has 27 heavy (non-hydrogen) atoms. The van der Waals surface area contributed by atoms with Crippen molar-refractivity contribution >= 4 is 11.6 Å². The zero-order valence-corrected chi connectivity index (χ0v) is 16.2. The second kappa shape index (κ2) is 8.08. The predicted molar refractivity (Wildman–Crippen MR) is 108 cm³/mol. The van der Waals surface area contributed by atoms with E-state index in [1.54, 1.807) is 0 Å². The van der Waals surface area contributed by atoms with Gasteiger partial charge >= 0.3 is 0 Å². The molecule has 5 heteroatoms. The van der Waals surface area contributed by atoms with E-state index in [1.807, 2.05) is 80.9 Å². The Morgan fingerprint density at radius 3 is 2.59 bits per heavy atom. The molecule has 0 atom stereocenters. The molecule has 0 saturated carbocycles. The number of hydrogen-bond acceptors (Lipinski definition) is 3. The number of carbonyl (C=O) groups is 1. The number of rotatable bonds is 6. The average Bonchev–Trinajstić information content (AvgIpc) is 2.97. The molecule has 0 spiro atoms. The van der Waals surface area contributed by atoms with Gasteiger partial charge in [0.1, 0.15) is 5.75 Å². The highest BCUT2D eigenvalue weighted by Gasteiger charge is 2.11. The molecule has 0 aliphatic carbocycles. The van der Waals surface area contributed by atoms with Crippen molar-refractivity contribution in [3.05, 3.63) is 71.0 Å². The van der Waals surface area contributed by atoms with Gasteiger partial charge in [-0.3, -0.25) is 4.79 Å². The molecule has 140 valence electrons. The third-order valence-corrected chi connectivity index (χ3v) is 4.56. The summed E-state index contributed by atoms with van der Waals surface area (Å²) in [4.78, 5) is 12.4. The molecule has 1 heterocycles. The fraction of sp³-hybridized carbons (Fsp3) is 0.273. The van der Waals surface area contributed by atoms with E-state index >= 15 is 0 Å². The fourth-order valence-electron chi connectivity index (χ4n) is 2.98. The monoisotopic (exact) mass is 363 g/mol. The van der Waals surface area contributed by atoms with Crippen LogP contribution in [0.15, 0.2) is 48.5 Å². The van der Waals surface area contributed by atoms with Crippen molar-refractivity contribution < 1.29 is 9.53 Å². The fourth-order valence-corrected chi connectivity index (χ4v) is 2.98. The minimum atomic E-state index is -0.0886. The van der Waals surface area contributed by atoms with E-state index in [2.05, 4.69) is 10.4 Å². The third kappa shape index (κ3) is 4.37. The smallest absolute Gasteiger partial charge is 0.227 e. The van der Waals surface area contributed by atoms with Crippen molar-refractivity contribution in [2.75, 3.05) is 11.9 Å². The SMILES string of the molecule is Cc1cc(C)n(-c2ccccc2NC(=O)CCOc2cccc(C)c2C)n1. The number of para-hydroxylation sites is 2. The lowest BCUT2D eigenvalue weighted by Crippen LogP contribution is -2.17. The first-order valence-corrected chi connectivity index (χ1v) is 9.07. The van der Waals surface area contributed by atoms with Crippen molar-refractivity contribution in [1.29, 1.82) is 0 Å². The molecule has 3 rings (SSSR count). The van der Waals surface area contributed by atoms with E-state index in [0.717, 1.165) is 34.1 Å². The number of aryl methyl sites for hydroxylation is 3. The molecule has 5 nitrogen and oxygen atoms in total. The number of nitrogens with one attached hydrogen (secondary N) is 1. The van der Waals surface area contributed by atoms with E-state index in [0.29, 0.717) is 6.61 Å². The van der Waals surface area contributed by atoms with Crippen LogP contribution in [0.2, 0.25) is 0 Å². The zero-order chi connectivity index (χ0) is 19.4. The summed E-state index contributed by atoms with van der Waals surface area (Å²) in [5.41, 5.74) is 5.83. The van der Waals surface area contributed by atoms with Gasteiger partial charge in [-0.25, -0.2) is 4.68 Å². The topological polar surface area (TPSA) is 56.2 Å². The summed E-state index contributed by atoms with van der Waals surface area (Å²) in [6, 6.07) is 15.6. The molecule has 1 amide bonds. The van der Waals surface area contributed by atoms with Crippen LogP contribution in [0.3, 0.4) is 0 Å². The van der Waals surface area contributed by atoms with Crippen LogP contribution >= 0.6 is 0 Å². The molecule has 1 aromatic heterocycles. The summed E-state index contributed by atoms with van der Waals surface area (Å²) in [7, 11) is 0. The summed E-state index contributed by atoms with van der Waals surface area (Å²) in [6.45, 7) is 8.35. The number of nitrogens with zero attached hydrogens (tertiary/aromatic N) is 2. The molecule has 1 N–H and O–H groups in total. The number of anilines is 1. The Bertz CT molecular complexity index is 960. The maximum absolute atomic E-state index is 12.4. The van der Waals surface area contributed by atoms with E-state index in [1.165, 1.54) is 5.56 Å². The van der Waals surface area contributed by atoms with Gasteiger partial charge in [0.25, 0.3) is 0 Å². The molecule has 3 aromatic rings. The first-order chi connectivity index (χ1) is 13.0. The molecule has 0 bridgehead atoms. The maximum Gasteiger partial charge on any atom is 0.227 e. The summed E-state index contributed by atoms with van der Waals surface area (Å²) in [6.07, 6.45) is 0.277. The Labute approximate surface area is 160 Å². The number of benzene rings is 2. The zero-order valence-electron chi connectivity index (χ0n) is 16.2. The Hall–Kier alpha value is -3.08. The van der Waals surface area contributed by atoms with Crippen molar-refractivity contribution in [2.24, 2.45) is 0 Å². The first kappa shape index (κ1) is 18.7. The Morgan fingerprint density at radius 2 is 1.85 bits per heavy atom. The van der Waals surface area contributed by atoms with Crippen molar-refractivity contribution in [1.82, 2.24) is 9.78 Å². The van der Waals surface area contributed by atoms with E-state index in [4.69, 9.17) is 4.74 Å². The molecule has 0 fully saturated rings. The van der Waals surface area contributed by atoms with Gasteiger partial charge < -0.3 is 10.1 Å². The first-order valence-electron chi connectivity index (χ1n) is 9.07. The Balaban J connectivity index is 1.65. The lowest BCUT2D eigenvalue weighted by Gasteiger charge is -2.13. The predicted octanol–water partition coefficient (Wildman–Crippen LogP) is 4.51. The van der Waals surface area contributed by atoms with Gasteiger partial charge in [0.05, 0.1) is 30.1 Å². The van der Waals surface area contributed by atoms with E-state index in [-0.39, 0.29) is 12.3 Å². The number of carbonyl (C=O) groups excluding carboxylic acids is 1. The highest BCUT2D eigenvalue weighted by molar-refractivity contribution is 5.92. The Morgan fingerprint density at radius 1 is 1.07 bits per heavy atom. The van der Waals surface area contributed by atoms with E-state index in [9.17, 15) is 4.79 Å². The Kier molecular flexibility index (Phi) is 5.60. The highest BCUT2D eigenvalue weighted by Crippen LogP contribution is 2.23. The summed E-state index contributed by atoms with van der Waals surface area (Å²) >= 11 is 0. The maximum atomic E-state index is 12.4. The standard InChI is InChI=1S/C22H25N3O2/c1-15-8-7-11-21(18(15)4)27-13-12-22(26)23-19-9-5-6-10-20(19)25-17(3)14-16(2)24-25/h5-11,14H,12-13H2,1-4H3,(H,23,26). The van der Waals surface area contributed by atoms with Crippen LogP contribution in [0.4, 0.5) is 5.69 Å². The lowest BCUT2D eigenvalue weighted by molar-refractivity contribution is -0.116. The molecular formula is C22H25N3O2. The van der Waals surface area contributed by atoms with Gasteiger partial charge in [0, 0.05) is 5.69 Å². The van der Waals surface area contributed by atoms with Crippen molar-refractivity contribution in [3.63, 3.8) is 0 Å². The van der Waals surface area contributed by atoms with Gasteiger partial charge in [-0.2, -0.15) is 5.10 Å². The number of aromatic nitrogens is 2. The number of amides is 1. The van der Waals surface area contributed by atoms with Crippen LogP contribution in [0.25, 0.3) is 5.69 Å². The molecule has 0 aliphatic heterocycles. The minimum Gasteiger partial charge on any atom is -0.493 e. The molecule has 0 aliphatic rings. The van der Waals surface area contributed by atoms with Gasteiger partial charge in [-0.15, -0.1) is 0 Å². The normalized spacial score (nSPS) is 10.7. The van der Waals surface area contributed by atoms with Crippen LogP contribution in [-0.2, 0) is 4.79 Å².